The van der Waals surface area contributed by atoms with Crippen LogP contribution in [0.2, 0.25) is 5.02 Å². The van der Waals surface area contributed by atoms with Crippen molar-refractivity contribution in [2.45, 2.75) is 88.2 Å². The van der Waals surface area contributed by atoms with E-state index >= 15 is 8.78 Å². The quantitative estimate of drug-likeness (QED) is 0.193. The van der Waals surface area contributed by atoms with Gasteiger partial charge in [0, 0.05) is 27.7 Å². The maximum absolute atomic E-state index is 17.7. The summed E-state index contributed by atoms with van der Waals surface area (Å²) in [5, 5.41) is 12.0. The van der Waals surface area contributed by atoms with Crippen LogP contribution in [0.25, 0.3) is 0 Å². The molecule has 46 heavy (non-hydrogen) atoms. The maximum atomic E-state index is 17.7. The van der Waals surface area contributed by atoms with Gasteiger partial charge in [-0.25, -0.2) is 13.6 Å². The van der Waals surface area contributed by atoms with E-state index in [0.717, 1.165) is 6.08 Å². The number of carbonyl (C=O) groups excluding carboxylic acids is 3. The summed E-state index contributed by atoms with van der Waals surface area (Å²) in [6, 6.07) is 5.10. The lowest BCUT2D eigenvalue weighted by Crippen LogP contribution is -2.71. The number of Topliss-reactive ketones (excluding diaryl/α,β-unsaturated/α-hetero) is 1. The van der Waals surface area contributed by atoms with Crippen LogP contribution >= 0.6 is 11.6 Å². The molecule has 1 aromatic rings. The molecule has 0 spiro atoms. The molecule has 0 heterocycles. The molecule has 9 nitrogen and oxygen atoms in total. The van der Waals surface area contributed by atoms with Crippen LogP contribution in [0.15, 0.2) is 53.0 Å². The zero-order valence-electron chi connectivity index (χ0n) is 26.1. The standard InChI is InChI=1S/C33H39ClF2O9S/c1-5-6-13-43-29(40)45-33(28(39)18-44-46(41,42)22-9-7-20(34)8-10-22)19(2)14-23-24-16-26(35)25-15-21(37)11-12-30(25,3)32(24,36)27(38)17-31(23,33)4/h7-12,15,19,23-24,26-27,38H,5-6,13-14,16-18H2,1-4H3/t19-,23+,24+,26+,27+,30+,31+,32+,33+/m1/s1. The van der Waals surface area contributed by atoms with Gasteiger partial charge in [-0.1, -0.05) is 44.9 Å². The molecule has 0 aliphatic heterocycles. The van der Waals surface area contributed by atoms with Crippen molar-refractivity contribution in [3.63, 3.8) is 0 Å². The van der Waals surface area contributed by atoms with Gasteiger partial charge in [-0.3, -0.25) is 13.8 Å². The number of ketones is 2. The summed E-state index contributed by atoms with van der Waals surface area (Å²) in [5.74, 6) is -4.20. The van der Waals surface area contributed by atoms with Crippen molar-refractivity contribution in [2.75, 3.05) is 13.2 Å². The Kier molecular flexibility index (Phi) is 9.11. The van der Waals surface area contributed by atoms with Crippen LogP contribution in [-0.4, -0.2) is 68.0 Å². The molecule has 3 fully saturated rings. The van der Waals surface area contributed by atoms with Gasteiger partial charge >= 0.3 is 6.16 Å². The van der Waals surface area contributed by atoms with Crippen molar-refractivity contribution >= 4 is 39.4 Å². The van der Waals surface area contributed by atoms with Crippen molar-refractivity contribution < 1.29 is 50.3 Å². The van der Waals surface area contributed by atoms with E-state index in [0.29, 0.717) is 12.8 Å². The molecule has 252 valence electrons. The second kappa shape index (κ2) is 12.1. The van der Waals surface area contributed by atoms with E-state index in [9.17, 15) is 27.9 Å². The number of aliphatic hydroxyl groups is 1. The molecule has 13 heteroatoms. The number of fused-ring (bicyclic) bond motifs is 5. The van der Waals surface area contributed by atoms with Crippen molar-refractivity contribution in [1.82, 2.24) is 0 Å². The molecular formula is C33H39ClF2O9S. The van der Waals surface area contributed by atoms with Gasteiger partial charge in [0.05, 0.1) is 17.6 Å². The Labute approximate surface area is 272 Å². The molecule has 3 saturated carbocycles. The number of allylic oxidation sites excluding steroid dienone is 4. The van der Waals surface area contributed by atoms with Gasteiger partial charge in [0.2, 0.25) is 5.78 Å². The van der Waals surface area contributed by atoms with E-state index in [1.807, 2.05) is 6.92 Å². The second-order valence-electron chi connectivity index (χ2n) is 13.4. The molecule has 4 aliphatic rings. The normalized spacial score (nSPS) is 38.3. The smallest absolute Gasteiger partial charge is 0.434 e. The Hall–Kier alpha value is -2.67. The van der Waals surface area contributed by atoms with Crippen LogP contribution in [0, 0.1) is 28.6 Å². The summed E-state index contributed by atoms with van der Waals surface area (Å²) in [6.45, 7) is 5.49. The number of carbonyl (C=O) groups is 3. The Balaban J connectivity index is 1.55. The summed E-state index contributed by atoms with van der Waals surface area (Å²) < 4.78 is 75.9. The first-order valence-corrected chi connectivity index (χ1v) is 17.3. The van der Waals surface area contributed by atoms with Gasteiger partial charge in [-0.15, -0.1) is 0 Å². The minimum atomic E-state index is -4.47. The second-order valence-corrected chi connectivity index (χ2v) is 15.4. The summed E-state index contributed by atoms with van der Waals surface area (Å²) in [6.07, 6.45) is -0.585. The predicted octanol–water partition coefficient (Wildman–Crippen LogP) is 5.87. The van der Waals surface area contributed by atoms with Crippen molar-refractivity contribution in [1.29, 1.82) is 0 Å². The van der Waals surface area contributed by atoms with Gasteiger partial charge < -0.3 is 14.6 Å². The summed E-state index contributed by atoms with van der Waals surface area (Å²) >= 11 is 5.87. The molecule has 0 amide bonds. The number of hydrogen-bond donors (Lipinski definition) is 1. The molecule has 0 aromatic heterocycles. The van der Waals surface area contributed by atoms with Crippen molar-refractivity contribution in [2.24, 2.45) is 28.6 Å². The lowest BCUT2D eigenvalue weighted by Gasteiger charge is -2.63. The van der Waals surface area contributed by atoms with Crippen molar-refractivity contribution in [3.05, 3.63) is 53.1 Å². The molecule has 1 aromatic carbocycles. The Morgan fingerprint density at radius 1 is 1.13 bits per heavy atom. The molecule has 9 atom stereocenters. The van der Waals surface area contributed by atoms with E-state index in [4.69, 9.17) is 25.3 Å². The van der Waals surface area contributed by atoms with E-state index in [-0.39, 0.29) is 34.9 Å². The first kappa shape index (κ1) is 34.7. The van der Waals surface area contributed by atoms with Crippen LogP contribution in [0.4, 0.5) is 13.6 Å². The summed E-state index contributed by atoms with van der Waals surface area (Å²) in [5.41, 5.74) is -7.76. The van der Waals surface area contributed by atoms with Crippen LogP contribution in [0.5, 0.6) is 0 Å². The minimum absolute atomic E-state index is 0.00350. The molecule has 4 aliphatic carbocycles. The molecule has 5 rings (SSSR count). The van der Waals surface area contributed by atoms with E-state index in [1.165, 1.54) is 43.3 Å². The van der Waals surface area contributed by atoms with Gasteiger partial charge in [0.1, 0.15) is 12.8 Å². The molecular weight excluding hydrogens is 646 g/mol. The van der Waals surface area contributed by atoms with Crippen LogP contribution < -0.4 is 0 Å². The summed E-state index contributed by atoms with van der Waals surface area (Å²) in [4.78, 5) is 39.3. The molecule has 1 N–H and O–H groups in total. The number of hydrogen-bond acceptors (Lipinski definition) is 9. The fraction of sp³-hybridized carbons (Fsp3) is 0.606. The Morgan fingerprint density at radius 2 is 1.80 bits per heavy atom. The first-order chi connectivity index (χ1) is 21.5. The SMILES string of the molecule is CCCCOC(=O)O[C@]1(C(=O)COS(=O)(=O)c2ccc(Cl)cc2)[C@H](C)C[C@H]2[C@@H]3C[C@H](F)C4=CC(=O)C=C[C@]4(C)[C@@]3(F)[C@@H](O)C[C@@]21C. The van der Waals surface area contributed by atoms with Crippen LogP contribution in [-0.2, 0) is 33.4 Å². The minimum Gasteiger partial charge on any atom is -0.434 e. The van der Waals surface area contributed by atoms with Gasteiger partial charge in [-0.05, 0) is 80.5 Å². The fourth-order valence-electron chi connectivity index (χ4n) is 8.76. The molecule has 0 saturated heterocycles. The first-order valence-electron chi connectivity index (χ1n) is 15.5. The lowest BCUT2D eigenvalue weighted by atomic mass is 9.44. The number of aliphatic hydroxyl groups excluding tert-OH is 1. The third kappa shape index (κ3) is 5.14. The fourth-order valence-corrected chi connectivity index (χ4v) is 9.75. The Morgan fingerprint density at radius 3 is 2.46 bits per heavy atom. The van der Waals surface area contributed by atoms with Gasteiger partial charge in [0.25, 0.3) is 10.1 Å². The Bertz CT molecular complexity index is 1580. The zero-order valence-corrected chi connectivity index (χ0v) is 27.7. The molecule has 0 unspecified atom stereocenters. The average Bonchev–Trinajstić information content (AvgIpc) is 3.21. The topological polar surface area (TPSA) is 133 Å². The molecule has 0 bridgehead atoms. The number of rotatable bonds is 9. The molecule has 0 radical (unpaired) electrons. The number of benzene rings is 1. The highest BCUT2D eigenvalue weighted by Gasteiger charge is 2.78. The summed E-state index contributed by atoms with van der Waals surface area (Å²) in [7, 11) is -4.47. The van der Waals surface area contributed by atoms with Crippen LogP contribution in [0.1, 0.15) is 59.8 Å². The zero-order chi connectivity index (χ0) is 33.9. The van der Waals surface area contributed by atoms with E-state index < -0.39 is 93.0 Å². The van der Waals surface area contributed by atoms with Gasteiger partial charge in [0.15, 0.2) is 17.1 Å². The number of alkyl halides is 2. The maximum Gasteiger partial charge on any atom is 0.509 e. The third-order valence-electron chi connectivity index (χ3n) is 11.0. The van der Waals surface area contributed by atoms with E-state index in [1.54, 1.807) is 13.8 Å². The highest BCUT2D eigenvalue weighted by molar-refractivity contribution is 7.86. The largest absolute Gasteiger partial charge is 0.509 e. The predicted molar refractivity (Wildman–Crippen MR) is 163 cm³/mol. The van der Waals surface area contributed by atoms with Gasteiger partial charge in [-0.2, -0.15) is 8.42 Å². The van der Waals surface area contributed by atoms with E-state index in [2.05, 4.69) is 0 Å². The third-order valence-corrected chi connectivity index (χ3v) is 12.5. The number of unbranched alkanes of at least 4 members (excludes halogenated alkanes) is 1. The van der Waals surface area contributed by atoms with Crippen LogP contribution in [0.3, 0.4) is 0 Å². The lowest BCUT2D eigenvalue weighted by molar-refractivity contribution is -0.225. The van der Waals surface area contributed by atoms with Crippen molar-refractivity contribution in [3.8, 4) is 0 Å². The average molecular weight is 685 g/mol. The highest BCUT2D eigenvalue weighted by atomic mass is 35.5. The number of ether oxygens (including phenoxy) is 2. The monoisotopic (exact) mass is 684 g/mol. The highest BCUT2D eigenvalue weighted by Crippen LogP contribution is 2.71. The number of halogens is 3.